The summed E-state index contributed by atoms with van der Waals surface area (Å²) in [6, 6.07) is 13.0. The molecule has 0 bridgehead atoms. The van der Waals surface area contributed by atoms with E-state index in [0.717, 1.165) is 12.1 Å². The molecule has 0 radical (unpaired) electrons. The lowest BCUT2D eigenvalue weighted by Crippen LogP contribution is -2.18. The summed E-state index contributed by atoms with van der Waals surface area (Å²) in [5.74, 6) is -0.0641. The molecule has 2 aromatic rings. The molecule has 2 rings (SSSR count). The van der Waals surface area contributed by atoms with Crippen molar-refractivity contribution >= 4 is 17.6 Å². The number of nitrogens with zero attached hydrogens (tertiary/aromatic N) is 1. The van der Waals surface area contributed by atoms with E-state index >= 15 is 0 Å². The van der Waals surface area contributed by atoms with Gasteiger partial charge in [0.2, 0.25) is 0 Å². The third-order valence-corrected chi connectivity index (χ3v) is 3.54. The first kappa shape index (κ1) is 21.0. The number of alkyl halides is 3. The number of carbonyl (C=O) groups is 1. The van der Waals surface area contributed by atoms with Gasteiger partial charge in [-0.1, -0.05) is 24.3 Å². The van der Waals surface area contributed by atoms with Gasteiger partial charge in [-0.3, -0.25) is 0 Å². The molecule has 28 heavy (non-hydrogen) atoms. The highest BCUT2D eigenvalue weighted by molar-refractivity contribution is 5.89. The van der Waals surface area contributed by atoms with Gasteiger partial charge in [0.05, 0.1) is 23.3 Å². The summed E-state index contributed by atoms with van der Waals surface area (Å²) in [4.78, 5) is 11.5. The van der Waals surface area contributed by atoms with Crippen molar-refractivity contribution in [1.29, 1.82) is 5.26 Å². The van der Waals surface area contributed by atoms with E-state index in [1.807, 2.05) is 6.07 Å². The monoisotopic (exact) mass is 389 g/mol. The van der Waals surface area contributed by atoms with E-state index in [1.54, 1.807) is 38.1 Å². The summed E-state index contributed by atoms with van der Waals surface area (Å²) < 4.78 is 48.8. The Morgan fingerprint density at radius 1 is 1.18 bits per heavy atom. The van der Waals surface area contributed by atoms with Crippen LogP contribution in [0.2, 0.25) is 0 Å². The summed E-state index contributed by atoms with van der Waals surface area (Å²) in [5, 5.41) is 9.33. The fourth-order valence-corrected chi connectivity index (χ4v) is 2.31. The van der Waals surface area contributed by atoms with Crippen LogP contribution in [0.4, 0.5) is 13.2 Å². The zero-order valence-corrected chi connectivity index (χ0v) is 15.3. The van der Waals surface area contributed by atoms with E-state index in [4.69, 9.17) is 9.47 Å². The molecule has 0 spiro atoms. The Morgan fingerprint density at radius 2 is 1.86 bits per heavy atom. The number of hydrogen-bond acceptors (Lipinski definition) is 4. The molecule has 0 aliphatic carbocycles. The highest BCUT2D eigenvalue weighted by Crippen LogP contribution is 2.31. The maximum absolute atomic E-state index is 12.9. The normalized spacial score (nSPS) is 11.8. The number of esters is 1. The number of ether oxygens (including phenoxy) is 2. The number of hydrogen-bond donors (Lipinski definition) is 0. The third kappa shape index (κ3) is 6.16. The second kappa shape index (κ2) is 9.09. The zero-order chi connectivity index (χ0) is 20.7. The molecule has 0 saturated carbocycles. The van der Waals surface area contributed by atoms with Crippen molar-refractivity contribution in [2.45, 2.75) is 26.1 Å². The molecule has 0 fully saturated rings. The number of rotatable bonds is 6. The first-order chi connectivity index (χ1) is 13.2. The lowest BCUT2D eigenvalue weighted by Gasteiger charge is -2.09. The minimum absolute atomic E-state index is 0.0975. The number of allylic oxidation sites excluding steroid dienone is 1. The second-order valence-corrected chi connectivity index (χ2v) is 6.14. The maximum atomic E-state index is 12.9. The van der Waals surface area contributed by atoms with Gasteiger partial charge in [0, 0.05) is 0 Å². The fourth-order valence-electron chi connectivity index (χ4n) is 2.31. The first-order valence-corrected chi connectivity index (χ1v) is 8.41. The van der Waals surface area contributed by atoms with Crippen LogP contribution in [0, 0.1) is 11.3 Å². The predicted molar refractivity (Wildman–Crippen MR) is 98.1 cm³/mol. The number of halogens is 3. The molecule has 0 heterocycles. The lowest BCUT2D eigenvalue weighted by molar-refractivity contribution is -0.149. The molecule has 0 unspecified atom stereocenters. The molecule has 0 aromatic heterocycles. The van der Waals surface area contributed by atoms with E-state index in [2.05, 4.69) is 0 Å². The summed E-state index contributed by atoms with van der Waals surface area (Å²) >= 11 is 0. The average Bonchev–Trinajstić information content (AvgIpc) is 2.64. The topological polar surface area (TPSA) is 59.3 Å². The molecule has 0 amide bonds. The van der Waals surface area contributed by atoms with Crippen LogP contribution >= 0.6 is 0 Å². The molecule has 2 aromatic carbocycles. The van der Waals surface area contributed by atoms with E-state index in [1.165, 1.54) is 18.2 Å². The van der Waals surface area contributed by atoms with Crippen LogP contribution < -0.4 is 4.74 Å². The summed E-state index contributed by atoms with van der Waals surface area (Å²) in [7, 11) is 0. The van der Waals surface area contributed by atoms with E-state index in [-0.39, 0.29) is 23.8 Å². The Kier molecular flexibility index (Phi) is 6.83. The fraction of sp³-hybridized carbons (Fsp3) is 0.238. The highest BCUT2D eigenvalue weighted by atomic mass is 19.4. The van der Waals surface area contributed by atoms with E-state index in [9.17, 15) is 23.2 Å². The zero-order valence-electron chi connectivity index (χ0n) is 15.3. The molecule has 4 nitrogen and oxygen atoms in total. The standard InChI is InChI=1S/C21H18F3NO3/c1-14(2)28-20(26)13-27-19-8-6-15(7-9-19)10-17(12-25)16-4-3-5-18(11-16)21(22,23)24/h3-11,14H,13H2,1-2H3/b17-10-. The Morgan fingerprint density at radius 3 is 2.43 bits per heavy atom. The van der Waals surface area contributed by atoms with Crippen molar-refractivity contribution in [3.63, 3.8) is 0 Å². The molecular weight excluding hydrogens is 371 g/mol. The molecule has 0 aliphatic heterocycles. The quantitative estimate of drug-likeness (QED) is 0.392. The van der Waals surface area contributed by atoms with Crippen molar-refractivity contribution in [3.8, 4) is 11.8 Å². The smallest absolute Gasteiger partial charge is 0.416 e. The highest BCUT2D eigenvalue weighted by Gasteiger charge is 2.30. The molecule has 7 heteroatoms. The third-order valence-electron chi connectivity index (χ3n) is 3.54. The molecule has 0 atom stereocenters. The number of carbonyl (C=O) groups excluding carboxylic acids is 1. The average molecular weight is 389 g/mol. The van der Waals surface area contributed by atoms with Crippen LogP contribution in [-0.4, -0.2) is 18.7 Å². The first-order valence-electron chi connectivity index (χ1n) is 8.41. The summed E-state index contributed by atoms with van der Waals surface area (Å²) in [6.45, 7) is 3.23. The van der Waals surface area contributed by atoms with Gasteiger partial charge in [-0.25, -0.2) is 4.79 Å². The van der Waals surface area contributed by atoms with Crippen LogP contribution in [0.1, 0.15) is 30.5 Å². The van der Waals surface area contributed by atoms with Crippen LogP contribution in [0.3, 0.4) is 0 Å². The van der Waals surface area contributed by atoms with Crippen molar-refractivity contribution in [1.82, 2.24) is 0 Å². The minimum atomic E-state index is -4.48. The maximum Gasteiger partial charge on any atom is 0.416 e. The van der Waals surface area contributed by atoms with Crippen LogP contribution in [0.15, 0.2) is 48.5 Å². The van der Waals surface area contributed by atoms with Gasteiger partial charge >= 0.3 is 12.1 Å². The largest absolute Gasteiger partial charge is 0.482 e. The summed E-state index contributed by atoms with van der Waals surface area (Å²) in [5.41, 5.74) is 0.0589. The lowest BCUT2D eigenvalue weighted by atomic mass is 10.0. The predicted octanol–water partition coefficient (Wildman–Crippen LogP) is 5.10. The van der Waals surface area contributed by atoms with Gasteiger partial charge < -0.3 is 9.47 Å². The van der Waals surface area contributed by atoms with Crippen molar-refractivity contribution < 1.29 is 27.4 Å². The van der Waals surface area contributed by atoms with Crippen molar-refractivity contribution in [3.05, 3.63) is 65.2 Å². The van der Waals surface area contributed by atoms with Crippen molar-refractivity contribution in [2.24, 2.45) is 0 Å². The van der Waals surface area contributed by atoms with Crippen molar-refractivity contribution in [2.75, 3.05) is 6.61 Å². The van der Waals surface area contributed by atoms with Gasteiger partial charge in [-0.15, -0.1) is 0 Å². The molecule has 0 aliphatic rings. The molecule has 0 N–H and O–H groups in total. The van der Waals surface area contributed by atoms with Gasteiger partial charge in [0.1, 0.15) is 5.75 Å². The Hall–Kier alpha value is -3.27. The number of nitriles is 1. The van der Waals surface area contributed by atoms with Crippen LogP contribution in [0.5, 0.6) is 5.75 Å². The Bertz CT molecular complexity index is 894. The molecule has 146 valence electrons. The Balaban J connectivity index is 2.13. The van der Waals surface area contributed by atoms with Crippen LogP contribution in [0.25, 0.3) is 11.6 Å². The van der Waals surface area contributed by atoms with E-state index in [0.29, 0.717) is 11.3 Å². The molecule has 0 saturated heterocycles. The second-order valence-electron chi connectivity index (χ2n) is 6.14. The SMILES string of the molecule is CC(C)OC(=O)COc1ccc(/C=C(/C#N)c2cccc(C(F)(F)F)c2)cc1. The van der Waals surface area contributed by atoms with Gasteiger partial charge in [0.15, 0.2) is 6.61 Å². The van der Waals surface area contributed by atoms with Crippen LogP contribution in [-0.2, 0) is 15.7 Å². The van der Waals surface area contributed by atoms with Gasteiger partial charge in [-0.05, 0) is 55.3 Å². The van der Waals surface area contributed by atoms with E-state index < -0.39 is 17.7 Å². The van der Waals surface area contributed by atoms with Gasteiger partial charge in [0.25, 0.3) is 0 Å². The summed E-state index contributed by atoms with van der Waals surface area (Å²) in [6.07, 6.45) is -3.23. The van der Waals surface area contributed by atoms with Gasteiger partial charge in [-0.2, -0.15) is 18.4 Å². The number of benzene rings is 2. The Labute approximate surface area is 160 Å². The molecular formula is C21H18F3NO3. The minimum Gasteiger partial charge on any atom is -0.482 e.